The first-order valence-electron chi connectivity index (χ1n) is 7.11. The number of hydrogen-bond donors (Lipinski definition) is 2. The van der Waals surface area contributed by atoms with Gasteiger partial charge in [0.1, 0.15) is 0 Å². The van der Waals surface area contributed by atoms with Crippen LogP contribution in [0.15, 0.2) is 22.7 Å². The van der Waals surface area contributed by atoms with Crippen LogP contribution >= 0.6 is 15.9 Å². The second-order valence-corrected chi connectivity index (χ2v) is 7.94. The van der Waals surface area contributed by atoms with Gasteiger partial charge in [0.25, 0.3) is 0 Å². The number of hydrogen-bond acceptors (Lipinski definition) is 3. The second kappa shape index (κ2) is 7.09. The molecule has 21 heavy (non-hydrogen) atoms. The number of anilines is 1. The normalized spacial score (nSPS) is 17.9. The van der Waals surface area contributed by atoms with Gasteiger partial charge in [-0.25, -0.2) is 0 Å². The Labute approximate surface area is 135 Å². The molecule has 0 spiro atoms. The van der Waals surface area contributed by atoms with Gasteiger partial charge in [-0.2, -0.15) is 12.7 Å². The highest BCUT2D eigenvalue weighted by atomic mass is 79.9. The standard InChI is InChI=1S/C14H22BrN3O2S/c1-11-13(15)4-3-5-14(11)17-21(19,20)18-8-6-12(7-9-18)10-16-2/h3-5,12,16-17H,6-10H2,1-2H3. The zero-order valence-corrected chi connectivity index (χ0v) is 14.8. The van der Waals surface area contributed by atoms with E-state index in [4.69, 9.17) is 0 Å². The number of benzene rings is 1. The Morgan fingerprint density at radius 1 is 1.33 bits per heavy atom. The summed E-state index contributed by atoms with van der Waals surface area (Å²) < 4.78 is 30.1. The molecule has 118 valence electrons. The van der Waals surface area contributed by atoms with Crippen LogP contribution in [0.2, 0.25) is 0 Å². The van der Waals surface area contributed by atoms with Crippen LogP contribution in [0, 0.1) is 12.8 Å². The summed E-state index contributed by atoms with van der Waals surface area (Å²) in [4.78, 5) is 0. The number of piperidine rings is 1. The van der Waals surface area contributed by atoms with Crippen LogP contribution < -0.4 is 10.0 Å². The molecule has 0 aromatic heterocycles. The molecule has 1 aromatic carbocycles. The van der Waals surface area contributed by atoms with E-state index in [1.54, 1.807) is 10.4 Å². The van der Waals surface area contributed by atoms with Gasteiger partial charge in [0.15, 0.2) is 0 Å². The lowest BCUT2D eigenvalue weighted by atomic mass is 9.98. The van der Waals surface area contributed by atoms with E-state index in [0.29, 0.717) is 24.7 Å². The van der Waals surface area contributed by atoms with Crippen molar-refractivity contribution in [3.05, 3.63) is 28.2 Å². The Morgan fingerprint density at radius 3 is 2.62 bits per heavy atom. The van der Waals surface area contributed by atoms with Crippen molar-refractivity contribution in [1.29, 1.82) is 0 Å². The van der Waals surface area contributed by atoms with Crippen LogP contribution in [0.4, 0.5) is 5.69 Å². The van der Waals surface area contributed by atoms with Crippen molar-refractivity contribution in [1.82, 2.24) is 9.62 Å². The number of halogens is 1. The SMILES string of the molecule is CNCC1CCN(S(=O)(=O)Nc2cccc(Br)c2C)CC1. The fourth-order valence-corrected chi connectivity index (χ4v) is 4.25. The molecule has 1 aromatic rings. The molecular weight excluding hydrogens is 354 g/mol. The third kappa shape index (κ3) is 4.18. The lowest BCUT2D eigenvalue weighted by Gasteiger charge is -2.31. The number of nitrogens with one attached hydrogen (secondary N) is 2. The molecule has 0 unspecified atom stereocenters. The average molecular weight is 376 g/mol. The highest BCUT2D eigenvalue weighted by Crippen LogP contribution is 2.26. The Bertz CT molecular complexity index is 584. The maximum atomic E-state index is 12.5. The average Bonchev–Trinajstić information content (AvgIpc) is 2.45. The smallest absolute Gasteiger partial charge is 0.301 e. The van der Waals surface area contributed by atoms with Gasteiger partial charge in [0.2, 0.25) is 0 Å². The monoisotopic (exact) mass is 375 g/mol. The Balaban J connectivity index is 2.04. The third-order valence-electron chi connectivity index (χ3n) is 3.91. The van der Waals surface area contributed by atoms with E-state index in [0.717, 1.165) is 29.4 Å². The van der Waals surface area contributed by atoms with E-state index in [1.807, 2.05) is 26.1 Å². The van der Waals surface area contributed by atoms with E-state index in [-0.39, 0.29) is 0 Å². The molecular formula is C14H22BrN3O2S. The van der Waals surface area contributed by atoms with Crippen molar-refractivity contribution < 1.29 is 8.42 Å². The topological polar surface area (TPSA) is 61.4 Å². The van der Waals surface area contributed by atoms with Crippen LogP contribution in [0.5, 0.6) is 0 Å². The summed E-state index contributed by atoms with van der Waals surface area (Å²) in [5, 5.41) is 3.16. The zero-order chi connectivity index (χ0) is 15.5. The largest absolute Gasteiger partial charge is 0.319 e. The van der Waals surface area contributed by atoms with E-state index < -0.39 is 10.2 Å². The molecule has 0 aliphatic carbocycles. The molecule has 0 radical (unpaired) electrons. The third-order valence-corrected chi connectivity index (χ3v) is 6.29. The van der Waals surface area contributed by atoms with Crippen LogP contribution in [0.1, 0.15) is 18.4 Å². The Kier molecular flexibility index (Phi) is 5.65. The minimum atomic E-state index is -3.47. The molecule has 0 amide bonds. The van der Waals surface area contributed by atoms with Crippen LogP contribution in [-0.4, -0.2) is 39.4 Å². The number of rotatable bonds is 5. The predicted molar refractivity (Wildman–Crippen MR) is 89.6 cm³/mol. The molecule has 1 heterocycles. The summed E-state index contributed by atoms with van der Waals surface area (Å²) in [6.07, 6.45) is 1.80. The molecule has 2 rings (SSSR count). The summed E-state index contributed by atoms with van der Waals surface area (Å²) in [5.41, 5.74) is 1.52. The van der Waals surface area contributed by atoms with Gasteiger partial charge in [0, 0.05) is 17.6 Å². The molecule has 1 saturated heterocycles. The number of nitrogens with zero attached hydrogens (tertiary/aromatic N) is 1. The molecule has 2 N–H and O–H groups in total. The summed E-state index contributed by atoms with van der Waals surface area (Å²) >= 11 is 3.42. The molecule has 0 bridgehead atoms. The lowest BCUT2D eigenvalue weighted by molar-refractivity contribution is 0.272. The van der Waals surface area contributed by atoms with Gasteiger partial charge in [-0.1, -0.05) is 22.0 Å². The Morgan fingerprint density at radius 2 is 2.00 bits per heavy atom. The van der Waals surface area contributed by atoms with E-state index in [2.05, 4.69) is 26.0 Å². The van der Waals surface area contributed by atoms with Crippen molar-refractivity contribution in [3.8, 4) is 0 Å². The molecule has 0 saturated carbocycles. The van der Waals surface area contributed by atoms with Crippen molar-refractivity contribution in [2.75, 3.05) is 31.4 Å². The van der Waals surface area contributed by atoms with Crippen LogP contribution in [0.3, 0.4) is 0 Å². The van der Waals surface area contributed by atoms with Crippen LogP contribution in [0.25, 0.3) is 0 Å². The van der Waals surface area contributed by atoms with Crippen molar-refractivity contribution >= 4 is 31.8 Å². The fraction of sp³-hybridized carbons (Fsp3) is 0.571. The first kappa shape index (κ1) is 16.7. The second-order valence-electron chi connectivity index (χ2n) is 5.42. The van der Waals surface area contributed by atoms with Crippen molar-refractivity contribution in [3.63, 3.8) is 0 Å². The van der Waals surface area contributed by atoms with E-state index >= 15 is 0 Å². The van der Waals surface area contributed by atoms with E-state index in [9.17, 15) is 8.42 Å². The molecule has 7 heteroatoms. The van der Waals surface area contributed by atoms with Gasteiger partial charge in [-0.3, -0.25) is 4.72 Å². The fourth-order valence-electron chi connectivity index (χ4n) is 2.56. The van der Waals surface area contributed by atoms with E-state index in [1.165, 1.54) is 0 Å². The minimum absolute atomic E-state index is 0.564. The van der Waals surface area contributed by atoms with Gasteiger partial charge >= 0.3 is 10.2 Å². The predicted octanol–water partition coefficient (Wildman–Crippen LogP) is 2.35. The molecule has 1 fully saturated rings. The summed E-state index contributed by atoms with van der Waals surface area (Å²) in [6.45, 7) is 4.00. The molecule has 1 aliphatic rings. The zero-order valence-electron chi connectivity index (χ0n) is 12.4. The van der Waals surface area contributed by atoms with Crippen LogP contribution in [-0.2, 0) is 10.2 Å². The molecule has 5 nitrogen and oxygen atoms in total. The maximum absolute atomic E-state index is 12.5. The maximum Gasteiger partial charge on any atom is 0.301 e. The van der Waals surface area contributed by atoms with Gasteiger partial charge < -0.3 is 5.32 Å². The molecule has 1 aliphatic heterocycles. The first-order valence-corrected chi connectivity index (χ1v) is 9.35. The Hall–Kier alpha value is -0.630. The summed E-state index contributed by atoms with van der Waals surface area (Å²) in [6, 6.07) is 5.51. The van der Waals surface area contributed by atoms with Crippen molar-refractivity contribution in [2.45, 2.75) is 19.8 Å². The van der Waals surface area contributed by atoms with Gasteiger partial charge in [-0.05, 0) is 57.0 Å². The lowest BCUT2D eigenvalue weighted by Crippen LogP contribution is -2.43. The minimum Gasteiger partial charge on any atom is -0.319 e. The van der Waals surface area contributed by atoms with Crippen molar-refractivity contribution in [2.24, 2.45) is 5.92 Å². The highest BCUT2D eigenvalue weighted by Gasteiger charge is 2.28. The summed E-state index contributed by atoms with van der Waals surface area (Å²) in [5.74, 6) is 0.564. The quantitative estimate of drug-likeness (QED) is 0.829. The highest BCUT2D eigenvalue weighted by molar-refractivity contribution is 9.10. The molecule has 0 atom stereocenters. The van der Waals surface area contributed by atoms with Gasteiger partial charge in [-0.15, -0.1) is 0 Å². The summed E-state index contributed by atoms with van der Waals surface area (Å²) in [7, 11) is -1.54. The first-order chi connectivity index (χ1) is 9.94. The van der Waals surface area contributed by atoms with Gasteiger partial charge in [0.05, 0.1) is 5.69 Å².